The van der Waals surface area contributed by atoms with E-state index in [1.807, 2.05) is 50.2 Å². The zero-order chi connectivity index (χ0) is 24.8. The third-order valence-electron chi connectivity index (χ3n) is 6.48. The molecule has 186 valence electrons. The summed E-state index contributed by atoms with van der Waals surface area (Å²) in [6, 6.07) is 13.0. The molecule has 3 amide bonds. The third-order valence-corrected chi connectivity index (χ3v) is 6.48. The van der Waals surface area contributed by atoms with Gasteiger partial charge in [-0.3, -0.25) is 14.4 Å². The van der Waals surface area contributed by atoms with Gasteiger partial charge >= 0.3 is 0 Å². The summed E-state index contributed by atoms with van der Waals surface area (Å²) in [7, 11) is 0. The number of carbonyl (C=O) groups excluding carboxylic acids is 3. The van der Waals surface area contributed by atoms with Gasteiger partial charge in [-0.15, -0.1) is 0 Å². The average Bonchev–Trinajstić information content (AvgIpc) is 2.88. The van der Waals surface area contributed by atoms with Gasteiger partial charge in [-0.05, 0) is 61.6 Å². The van der Waals surface area contributed by atoms with Crippen molar-refractivity contribution < 1.29 is 23.9 Å². The maximum Gasteiger partial charge on any atom is 0.263 e. The molecule has 35 heavy (non-hydrogen) atoms. The molecule has 0 saturated carbocycles. The van der Waals surface area contributed by atoms with Crippen LogP contribution in [-0.2, 0) is 20.8 Å². The van der Waals surface area contributed by atoms with E-state index in [9.17, 15) is 14.4 Å². The topological polar surface area (TPSA) is 97.0 Å². The lowest BCUT2D eigenvalue weighted by atomic mass is 10.0. The summed E-state index contributed by atoms with van der Waals surface area (Å²) in [4.78, 5) is 39.1. The van der Waals surface area contributed by atoms with E-state index in [1.54, 1.807) is 11.0 Å². The molecule has 8 heteroatoms. The molecule has 1 atom stereocenters. The van der Waals surface area contributed by atoms with Gasteiger partial charge in [0, 0.05) is 24.6 Å². The summed E-state index contributed by atoms with van der Waals surface area (Å²) >= 11 is 0. The Balaban J connectivity index is 1.34. The molecule has 4 rings (SSSR count). The molecule has 0 aliphatic carbocycles. The molecule has 0 radical (unpaired) electrons. The number of hydrogen-bond donors (Lipinski definition) is 2. The van der Waals surface area contributed by atoms with Gasteiger partial charge in [-0.25, -0.2) is 0 Å². The first kappa shape index (κ1) is 24.6. The molecule has 0 fully saturated rings. The van der Waals surface area contributed by atoms with Crippen LogP contribution in [0.2, 0.25) is 0 Å². The van der Waals surface area contributed by atoms with Crippen LogP contribution in [0.3, 0.4) is 0 Å². The van der Waals surface area contributed by atoms with Gasteiger partial charge in [-0.1, -0.05) is 26.0 Å². The number of anilines is 2. The fraction of sp³-hybridized carbons (Fsp3) is 0.444. The monoisotopic (exact) mass is 479 g/mol. The van der Waals surface area contributed by atoms with Crippen molar-refractivity contribution in [1.29, 1.82) is 0 Å². The highest BCUT2D eigenvalue weighted by Crippen LogP contribution is 2.34. The second-order valence-electron chi connectivity index (χ2n) is 8.92. The van der Waals surface area contributed by atoms with Crippen LogP contribution in [0.25, 0.3) is 0 Å². The zero-order valence-electron chi connectivity index (χ0n) is 20.3. The fourth-order valence-corrected chi connectivity index (χ4v) is 4.39. The smallest absolute Gasteiger partial charge is 0.263 e. The quantitative estimate of drug-likeness (QED) is 0.533. The minimum absolute atomic E-state index is 0.0321. The first-order valence-electron chi connectivity index (χ1n) is 12.4. The highest BCUT2D eigenvalue weighted by atomic mass is 16.5. The number of benzene rings is 2. The van der Waals surface area contributed by atoms with Crippen molar-refractivity contribution in [2.75, 3.05) is 23.4 Å². The van der Waals surface area contributed by atoms with E-state index in [0.29, 0.717) is 37.3 Å². The molecule has 0 aromatic heterocycles. The van der Waals surface area contributed by atoms with Gasteiger partial charge in [0.1, 0.15) is 11.5 Å². The van der Waals surface area contributed by atoms with Gasteiger partial charge in [0.2, 0.25) is 11.8 Å². The van der Waals surface area contributed by atoms with Crippen LogP contribution < -0.4 is 25.0 Å². The Morgan fingerprint density at radius 1 is 1.17 bits per heavy atom. The average molecular weight is 480 g/mol. The molecule has 8 nitrogen and oxygen atoms in total. The number of nitrogens with zero attached hydrogens (tertiary/aromatic N) is 1. The van der Waals surface area contributed by atoms with E-state index in [2.05, 4.69) is 10.6 Å². The molecular formula is C27H33N3O5. The summed E-state index contributed by atoms with van der Waals surface area (Å²) in [5, 5.41) is 5.88. The molecule has 0 bridgehead atoms. The largest absolute Gasteiger partial charge is 0.494 e. The predicted molar refractivity (Wildman–Crippen MR) is 134 cm³/mol. The van der Waals surface area contributed by atoms with Crippen molar-refractivity contribution in [3.63, 3.8) is 0 Å². The molecule has 2 aliphatic rings. The van der Waals surface area contributed by atoms with Crippen LogP contribution in [0.5, 0.6) is 11.5 Å². The minimum atomic E-state index is -0.748. The van der Waals surface area contributed by atoms with Gasteiger partial charge in [0.15, 0.2) is 6.10 Å². The zero-order valence-corrected chi connectivity index (χ0v) is 20.3. The van der Waals surface area contributed by atoms with Crippen molar-refractivity contribution in [1.82, 2.24) is 5.32 Å². The fourth-order valence-electron chi connectivity index (χ4n) is 4.39. The molecule has 2 N–H and O–H groups in total. The van der Waals surface area contributed by atoms with Crippen LogP contribution >= 0.6 is 0 Å². The Morgan fingerprint density at radius 3 is 2.77 bits per heavy atom. The summed E-state index contributed by atoms with van der Waals surface area (Å²) in [5.41, 5.74) is 2.57. The van der Waals surface area contributed by atoms with Crippen molar-refractivity contribution in [3.8, 4) is 11.5 Å². The molecule has 0 saturated heterocycles. The summed E-state index contributed by atoms with van der Waals surface area (Å²) in [6.45, 7) is 4.64. The second kappa shape index (κ2) is 11.3. The van der Waals surface area contributed by atoms with Crippen LogP contribution in [0, 0.1) is 0 Å². The first-order valence-corrected chi connectivity index (χ1v) is 12.4. The van der Waals surface area contributed by atoms with E-state index in [0.717, 1.165) is 29.8 Å². The molecule has 0 spiro atoms. The van der Waals surface area contributed by atoms with E-state index in [-0.39, 0.29) is 36.7 Å². The third kappa shape index (κ3) is 5.93. The Labute approximate surface area is 206 Å². The van der Waals surface area contributed by atoms with Crippen LogP contribution in [0.15, 0.2) is 42.5 Å². The Kier molecular flexibility index (Phi) is 7.90. The van der Waals surface area contributed by atoms with Crippen LogP contribution in [-0.4, -0.2) is 43.0 Å². The van der Waals surface area contributed by atoms with Gasteiger partial charge in [-0.2, -0.15) is 0 Å². The Hall–Kier alpha value is -3.55. The molecule has 2 heterocycles. The molecule has 2 aromatic rings. The number of amides is 3. The molecule has 1 unspecified atom stereocenters. The standard InChI is InChI=1S/C27H33N3O5/c1-3-19(4-2)28-27(33)24-17-30(22-8-5-6-9-23(22)35-24)26(32)10-7-15-34-20-12-13-21-18(16-20)11-14-25(31)29-21/h5-6,8-9,12-13,16,19,24H,3-4,7,10-11,14-15,17H2,1-2H3,(H,28,33)(H,29,31). The lowest BCUT2D eigenvalue weighted by Gasteiger charge is -2.34. The first-order chi connectivity index (χ1) is 17.0. The number of hydrogen-bond acceptors (Lipinski definition) is 5. The van der Waals surface area contributed by atoms with Crippen molar-refractivity contribution in [2.24, 2.45) is 0 Å². The van der Waals surface area contributed by atoms with E-state index in [4.69, 9.17) is 9.47 Å². The van der Waals surface area contributed by atoms with Gasteiger partial charge in [0.05, 0.1) is 18.8 Å². The lowest BCUT2D eigenvalue weighted by Crippen LogP contribution is -2.52. The van der Waals surface area contributed by atoms with Crippen molar-refractivity contribution in [3.05, 3.63) is 48.0 Å². The number of aryl methyl sites for hydroxylation is 1. The SMILES string of the molecule is CCC(CC)NC(=O)C1CN(C(=O)CCCOc2ccc3c(c2)CCC(=O)N3)c2ccccc2O1. The van der Waals surface area contributed by atoms with Gasteiger partial charge in [0.25, 0.3) is 5.91 Å². The summed E-state index contributed by atoms with van der Waals surface area (Å²) in [6.07, 6.45) is 2.93. The van der Waals surface area contributed by atoms with E-state index >= 15 is 0 Å². The number of nitrogens with one attached hydrogen (secondary N) is 2. The van der Waals surface area contributed by atoms with E-state index in [1.165, 1.54) is 0 Å². The van der Waals surface area contributed by atoms with Crippen molar-refractivity contribution >= 4 is 29.1 Å². The van der Waals surface area contributed by atoms with Crippen LogP contribution in [0.4, 0.5) is 11.4 Å². The van der Waals surface area contributed by atoms with E-state index < -0.39 is 6.10 Å². The maximum absolute atomic E-state index is 13.1. The summed E-state index contributed by atoms with van der Waals surface area (Å²) < 4.78 is 11.8. The Morgan fingerprint density at radius 2 is 1.97 bits per heavy atom. The number of para-hydroxylation sites is 2. The second-order valence-corrected chi connectivity index (χ2v) is 8.92. The highest BCUT2D eigenvalue weighted by Gasteiger charge is 2.34. The number of fused-ring (bicyclic) bond motifs is 2. The lowest BCUT2D eigenvalue weighted by molar-refractivity contribution is -0.129. The minimum Gasteiger partial charge on any atom is -0.494 e. The highest BCUT2D eigenvalue weighted by molar-refractivity contribution is 5.97. The molecule has 2 aromatic carbocycles. The molecule has 2 aliphatic heterocycles. The summed E-state index contributed by atoms with van der Waals surface area (Å²) in [5.74, 6) is 1.02. The van der Waals surface area contributed by atoms with Crippen molar-refractivity contribution in [2.45, 2.75) is 64.5 Å². The maximum atomic E-state index is 13.1. The number of ether oxygens (including phenoxy) is 2. The number of carbonyl (C=O) groups is 3. The Bertz CT molecular complexity index is 1080. The number of rotatable bonds is 9. The predicted octanol–water partition coefficient (Wildman–Crippen LogP) is 3.83. The molecular weight excluding hydrogens is 446 g/mol. The van der Waals surface area contributed by atoms with Crippen LogP contribution in [0.1, 0.15) is 51.5 Å². The normalized spacial score (nSPS) is 16.6. The van der Waals surface area contributed by atoms with Gasteiger partial charge < -0.3 is 25.0 Å².